The van der Waals surface area contributed by atoms with Crippen LogP contribution in [0.3, 0.4) is 0 Å². The molecule has 1 aromatic rings. The van der Waals surface area contributed by atoms with Crippen LogP contribution < -0.4 is 15.4 Å². The lowest BCUT2D eigenvalue weighted by Crippen LogP contribution is -2.30. The largest absolute Gasteiger partial charge is 0.495 e. The molecular weight excluding hydrogens is 420 g/mol. The summed E-state index contributed by atoms with van der Waals surface area (Å²) in [6.45, 7) is 2.10. The maximum Gasteiger partial charge on any atom is 0.234 e. The summed E-state index contributed by atoms with van der Waals surface area (Å²) in [5.74, 6) is 1.19. The third-order valence-corrected chi connectivity index (χ3v) is 5.90. The zero-order chi connectivity index (χ0) is 15.2. The number of rotatable bonds is 5. The number of hydrogen-bond donors (Lipinski definition) is 2. The van der Waals surface area contributed by atoms with Gasteiger partial charge in [0.15, 0.2) is 0 Å². The van der Waals surface area contributed by atoms with E-state index in [2.05, 4.69) is 42.5 Å². The van der Waals surface area contributed by atoms with Gasteiger partial charge in [-0.1, -0.05) is 0 Å². The van der Waals surface area contributed by atoms with Crippen molar-refractivity contribution < 1.29 is 9.53 Å². The van der Waals surface area contributed by atoms with Crippen molar-refractivity contribution in [3.8, 4) is 5.75 Å². The van der Waals surface area contributed by atoms with Crippen molar-refractivity contribution in [1.82, 2.24) is 5.32 Å². The van der Waals surface area contributed by atoms with Gasteiger partial charge in [0.2, 0.25) is 5.91 Å². The Morgan fingerprint density at radius 3 is 2.76 bits per heavy atom. The van der Waals surface area contributed by atoms with Crippen LogP contribution in [0.1, 0.15) is 12.8 Å². The standard InChI is InChI=1S/C14H18Br2N2O2S/c1-20-13-7-12(10(15)6-11(13)16)18-14(19)8-21-9-2-4-17-5-3-9/h6-7,9,17H,2-5,8H2,1H3,(H,18,19). The lowest BCUT2D eigenvalue weighted by atomic mass is 10.2. The van der Waals surface area contributed by atoms with Crippen LogP contribution in [0.2, 0.25) is 0 Å². The highest BCUT2D eigenvalue weighted by Gasteiger charge is 2.16. The maximum absolute atomic E-state index is 12.1. The van der Waals surface area contributed by atoms with E-state index in [-0.39, 0.29) is 5.91 Å². The lowest BCUT2D eigenvalue weighted by Gasteiger charge is -2.21. The number of methoxy groups -OCH3 is 1. The molecule has 4 nitrogen and oxygen atoms in total. The first-order valence-corrected chi connectivity index (χ1v) is 9.39. The average Bonchev–Trinajstić information content (AvgIpc) is 2.49. The number of amides is 1. The first-order chi connectivity index (χ1) is 10.1. The van der Waals surface area contributed by atoms with Crippen molar-refractivity contribution in [2.75, 3.05) is 31.3 Å². The van der Waals surface area contributed by atoms with Crippen LogP contribution in [0, 0.1) is 0 Å². The van der Waals surface area contributed by atoms with E-state index in [1.807, 2.05) is 6.07 Å². The summed E-state index contributed by atoms with van der Waals surface area (Å²) in [4.78, 5) is 12.1. The Morgan fingerprint density at radius 1 is 1.38 bits per heavy atom. The normalized spacial score (nSPS) is 15.8. The van der Waals surface area contributed by atoms with E-state index in [0.29, 0.717) is 16.8 Å². The molecule has 0 bridgehead atoms. The van der Waals surface area contributed by atoms with Gasteiger partial charge in [-0.25, -0.2) is 0 Å². The van der Waals surface area contributed by atoms with Crippen LogP contribution in [-0.4, -0.2) is 37.1 Å². The van der Waals surface area contributed by atoms with Gasteiger partial charge in [0.25, 0.3) is 0 Å². The molecule has 1 aromatic carbocycles. The van der Waals surface area contributed by atoms with Crippen LogP contribution in [0.15, 0.2) is 21.1 Å². The molecule has 7 heteroatoms. The average molecular weight is 438 g/mol. The number of carbonyl (C=O) groups is 1. The van der Waals surface area contributed by atoms with Gasteiger partial charge in [-0.05, 0) is 63.9 Å². The molecule has 1 saturated heterocycles. The predicted octanol–water partition coefficient (Wildman–Crippen LogP) is 3.64. The quantitative estimate of drug-likeness (QED) is 0.738. The van der Waals surface area contributed by atoms with Crippen molar-refractivity contribution in [3.63, 3.8) is 0 Å². The summed E-state index contributed by atoms with van der Waals surface area (Å²) in [7, 11) is 1.60. The molecule has 1 fully saturated rings. The van der Waals surface area contributed by atoms with Crippen molar-refractivity contribution in [2.45, 2.75) is 18.1 Å². The minimum atomic E-state index is 0.0172. The maximum atomic E-state index is 12.1. The van der Waals surface area contributed by atoms with Crippen LogP contribution in [0.5, 0.6) is 5.75 Å². The Hall–Kier alpha value is -0.240. The third kappa shape index (κ3) is 5.16. The molecule has 2 N–H and O–H groups in total. The molecule has 21 heavy (non-hydrogen) atoms. The third-order valence-electron chi connectivity index (χ3n) is 3.25. The van der Waals surface area contributed by atoms with Gasteiger partial charge in [-0.15, -0.1) is 11.8 Å². The topological polar surface area (TPSA) is 50.4 Å². The summed E-state index contributed by atoms with van der Waals surface area (Å²) in [6, 6.07) is 3.68. The number of thioether (sulfide) groups is 1. The van der Waals surface area contributed by atoms with Crippen molar-refractivity contribution in [2.24, 2.45) is 0 Å². The molecule has 0 saturated carbocycles. The molecule has 1 heterocycles. The molecule has 2 rings (SSSR count). The molecule has 116 valence electrons. The van der Waals surface area contributed by atoms with E-state index in [0.717, 1.165) is 40.6 Å². The molecule has 1 aliphatic heterocycles. The first-order valence-electron chi connectivity index (χ1n) is 6.75. The van der Waals surface area contributed by atoms with E-state index >= 15 is 0 Å². The van der Waals surface area contributed by atoms with Gasteiger partial charge in [0.1, 0.15) is 5.75 Å². The van der Waals surface area contributed by atoms with Gasteiger partial charge >= 0.3 is 0 Å². The zero-order valence-electron chi connectivity index (χ0n) is 11.7. The highest BCUT2D eigenvalue weighted by Crippen LogP contribution is 2.34. The Bertz CT molecular complexity index is 508. The predicted molar refractivity (Wildman–Crippen MR) is 95.4 cm³/mol. The van der Waals surface area contributed by atoms with E-state index in [1.54, 1.807) is 24.9 Å². The van der Waals surface area contributed by atoms with Gasteiger partial charge < -0.3 is 15.4 Å². The van der Waals surface area contributed by atoms with Gasteiger partial charge in [-0.2, -0.15) is 0 Å². The Labute approximate surface area is 146 Å². The van der Waals surface area contributed by atoms with Crippen molar-refractivity contribution in [1.29, 1.82) is 0 Å². The monoisotopic (exact) mass is 436 g/mol. The Balaban J connectivity index is 1.89. The SMILES string of the molecule is COc1cc(NC(=O)CSC2CCNCC2)c(Br)cc1Br. The minimum Gasteiger partial charge on any atom is -0.495 e. The Morgan fingerprint density at radius 2 is 2.10 bits per heavy atom. The number of anilines is 1. The first kappa shape index (κ1) is 17.1. The van der Waals surface area contributed by atoms with Crippen molar-refractivity contribution in [3.05, 3.63) is 21.1 Å². The molecule has 0 aromatic heterocycles. The van der Waals surface area contributed by atoms with Crippen LogP contribution in [0.4, 0.5) is 5.69 Å². The number of piperidine rings is 1. The number of hydrogen-bond acceptors (Lipinski definition) is 4. The summed E-state index contributed by atoms with van der Waals surface area (Å²) >= 11 is 8.60. The fraction of sp³-hybridized carbons (Fsp3) is 0.500. The zero-order valence-corrected chi connectivity index (χ0v) is 15.7. The summed E-state index contributed by atoms with van der Waals surface area (Å²) < 4.78 is 6.92. The second kappa shape index (κ2) is 8.41. The number of ether oxygens (including phenoxy) is 1. The molecule has 0 spiro atoms. The van der Waals surface area contributed by atoms with Crippen molar-refractivity contribution >= 4 is 55.2 Å². The number of nitrogens with one attached hydrogen (secondary N) is 2. The summed E-state index contributed by atoms with van der Waals surface area (Å²) in [6.07, 6.45) is 2.27. The summed E-state index contributed by atoms with van der Waals surface area (Å²) in [5.41, 5.74) is 0.728. The Kier molecular flexibility index (Phi) is 6.85. The van der Waals surface area contributed by atoms with Gasteiger partial charge in [0, 0.05) is 15.8 Å². The molecule has 0 radical (unpaired) electrons. The fourth-order valence-corrected chi connectivity index (χ4v) is 4.41. The van der Waals surface area contributed by atoms with E-state index in [4.69, 9.17) is 4.74 Å². The summed E-state index contributed by atoms with van der Waals surface area (Å²) in [5, 5.41) is 6.84. The minimum absolute atomic E-state index is 0.0172. The molecular formula is C14H18Br2N2O2S. The van der Waals surface area contributed by atoms with Crippen LogP contribution in [-0.2, 0) is 4.79 Å². The second-order valence-corrected chi connectivity index (χ2v) is 7.77. The van der Waals surface area contributed by atoms with E-state index in [9.17, 15) is 4.79 Å². The van der Waals surface area contributed by atoms with Crippen LogP contribution in [0.25, 0.3) is 0 Å². The highest BCUT2D eigenvalue weighted by atomic mass is 79.9. The van der Waals surface area contributed by atoms with Gasteiger partial charge in [-0.3, -0.25) is 4.79 Å². The fourth-order valence-electron chi connectivity index (χ4n) is 2.12. The smallest absolute Gasteiger partial charge is 0.234 e. The van der Waals surface area contributed by atoms with E-state index in [1.165, 1.54) is 0 Å². The second-order valence-electron chi connectivity index (χ2n) is 4.78. The molecule has 0 aliphatic carbocycles. The molecule has 1 aliphatic rings. The number of benzene rings is 1. The molecule has 0 atom stereocenters. The lowest BCUT2D eigenvalue weighted by molar-refractivity contribution is -0.113. The van der Waals surface area contributed by atoms with E-state index < -0.39 is 0 Å². The van der Waals surface area contributed by atoms with Gasteiger partial charge in [0.05, 0.1) is 23.0 Å². The highest BCUT2D eigenvalue weighted by molar-refractivity contribution is 9.11. The molecule has 0 unspecified atom stereocenters. The molecule has 1 amide bonds. The number of carbonyl (C=O) groups excluding carboxylic acids is 1. The number of halogens is 2. The van der Waals surface area contributed by atoms with Crippen LogP contribution >= 0.6 is 43.6 Å².